The van der Waals surface area contributed by atoms with Crippen LogP contribution in [0.3, 0.4) is 0 Å². The zero-order valence-electron chi connectivity index (χ0n) is 7.24. The van der Waals surface area contributed by atoms with Crippen molar-refractivity contribution in [3.8, 4) is 0 Å². The van der Waals surface area contributed by atoms with E-state index in [-0.39, 0.29) is 5.82 Å². The van der Waals surface area contributed by atoms with Gasteiger partial charge in [-0.1, -0.05) is 11.6 Å². The molecule has 5 heteroatoms. The van der Waals surface area contributed by atoms with Crippen LogP contribution in [0.2, 0.25) is 5.02 Å². The first-order valence-corrected chi connectivity index (χ1v) is 4.24. The normalized spacial score (nSPS) is 15.4. The van der Waals surface area contributed by atoms with Crippen LogP contribution in [0.4, 0.5) is 5.82 Å². The van der Waals surface area contributed by atoms with Gasteiger partial charge in [0.05, 0.1) is 11.1 Å². The second-order valence-electron chi connectivity index (χ2n) is 2.93. The molecule has 0 aromatic carbocycles. The zero-order valence-corrected chi connectivity index (χ0v) is 7.99. The van der Waals surface area contributed by atoms with Crippen molar-refractivity contribution in [2.45, 2.75) is 19.1 Å². The summed E-state index contributed by atoms with van der Waals surface area (Å²) in [4.78, 5) is 3.81. The molecule has 1 rings (SSSR count). The largest absolute Gasteiger partial charge is 0.387 e. The molecule has 0 bridgehead atoms. The van der Waals surface area contributed by atoms with Gasteiger partial charge in [-0.3, -0.25) is 0 Å². The van der Waals surface area contributed by atoms with Crippen LogP contribution in [0.25, 0.3) is 0 Å². The molecule has 2 atom stereocenters. The van der Waals surface area contributed by atoms with Crippen molar-refractivity contribution >= 4 is 17.4 Å². The third kappa shape index (κ3) is 2.30. The number of hydrogen-bond acceptors (Lipinski definition) is 4. The minimum atomic E-state index is -0.828. The van der Waals surface area contributed by atoms with E-state index in [0.717, 1.165) is 0 Å². The number of nitrogens with two attached hydrogens (primary N) is 2. The van der Waals surface area contributed by atoms with E-state index in [2.05, 4.69) is 4.98 Å². The number of nitrogen functional groups attached to an aromatic ring is 1. The molecular formula is C8H12ClN3O. The maximum atomic E-state index is 9.60. The molecule has 0 saturated heterocycles. The van der Waals surface area contributed by atoms with Crippen LogP contribution >= 0.6 is 11.6 Å². The van der Waals surface area contributed by atoms with Crippen molar-refractivity contribution in [1.82, 2.24) is 4.98 Å². The van der Waals surface area contributed by atoms with Crippen LogP contribution in [-0.4, -0.2) is 16.1 Å². The molecule has 0 fully saturated rings. The lowest BCUT2D eigenvalue weighted by Crippen LogP contribution is -2.25. The van der Waals surface area contributed by atoms with E-state index in [4.69, 9.17) is 23.1 Å². The highest BCUT2D eigenvalue weighted by molar-refractivity contribution is 6.30. The minimum absolute atomic E-state index is 0.259. The van der Waals surface area contributed by atoms with Gasteiger partial charge in [0, 0.05) is 17.8 Å². The molecule has 2 unspecified atom stereocenters. The van der Waals surface area contributed by atoms with E-state index in [1.54, 1.807) is 13.0 Å². The standard InChI is InChI=1S/C8H12ClN3O/c1-4(10)7(13)6-2-5(9)3-12-8(6)11/h2-4,7,13H,10H2,1H3,(H2,11,12). The highest BCUT2D eigenvalue weighted by Crippen LogP contribution is 2.23. The maximum absolute atomic E-state index is 9.60. The fourth-order valence-electron chi connectivity index (χ4n) is 0.986. The van der Waals surface area contributed by atoms with Crippen LogP contribution in [-0.2, 0) is 0 Å². The monoisotopic (exact) mass is 201 g/mol. The Morgan fingerprint density at radius 2 is 2.23 bits per heavy atom. The first kappa shape index (κ1) is 10.2. The third-order valence-electron chi connectivity index (χ3n) is 1.73. The van der Waals surface area contributed by atoms with Gasteiger partial charge in [0.15, 0.2) is 0 Å². The summed E-state index contributed by atoms with van der Waals surface area (Å²) in [5, 5.41) is 10.0. The molecular weight excluding hydrogens is 190 g/mol. The Bertz CT molecular complexity index is 303. The molecule has 1 aromatic rings. The van der Waals surface area contributed by atoms with Gasteiger partial charge < -0.3 is 16.6 Å². The minimum Gasteiger partial charge on any atom is -0.387 e. The molecule has 1 heterocycles. The quantitative estimate of drug-likeness (QED) is 0.658. The molecule has 72 valence electrons. The zero-order chi connectivity index (χ0) is 10.0. The van der Waals surface area contributed by atoms with E-state index in [1.165, 1.54) is 6.20 Å². The number of aromatic nitrogens is 1. The van der Waals surface area contributed by atoms with Crippen LogP contribution in [0.5, 0.6) is 0 Å². The lowest BCUT2D eigenvalue weighted by Gasteiger charge is -2.16. The first-order valence-electron chi connectivity index (χ1n) is 3.87. The molecule has 4 nitrogen and oxygen atoms in total. The summed E-state index contributed by atoms with van der Waals surface area (Å²) < 4.78 is 0. The fourth-order valence-corrected chi connectivity index (χ4v) is 1.15. The number of anilines is 1. The van der Waals surface area contributed by atoms with Gasteiger partial charge in [0.1, 0.15) is 5.82 Å². The number of aliphatic hydroxyl groups is 1. The third-order valence-corrected chi connectivity index (χ3v) is 1.94. The fraction of sp³-hybridized carbons (Fsp3) is 0.375. The SMILES string of the molecule is CC(N)C(O)c1cc(Cl)cnc1N. The Balaban J connectivity index is 3.05. The number of pyridine rings is 1. The highest BCUT2D eigenvalue weighted by atomic mass is 35.5. The summed E-state index contributed by atoms with van der Waals surface area (Å²) in [5.41, 5.74) is 11.5. The summed E-state index contributed by atoms with van der Waals surface area (Å²) in [5.74, 6) is 0.259. The van der Waals surface area contributed by atoms with E-state index in [9.17, 15) is 5.11 Å². The Hall–Kier alpha value is -0.840. The number of rotatable bonds is 2. The van der Waals surface area contributed by atoms with E-state index in [1.807, 2.05) is 0 Å². The summed E-state index contributed by atoms with van der Waals surface area (Å²) in [6, 6.07) is 1.17. The van der Waals surface area contributed by atoms with Gasteiger partial charge in [-0.2, -0.15) is 0 Å². The molecule has 1 aromatic heterocycles. The molecule has 0 aliphatic heterocycles. The molecule has 0 saturated carbocycles. The first-order chi connectivity index (χ1) is 6.02. The highest BCUT2D eigenvalue weighted by Gasteiger charge is 2.16. The van der Waals surface area contributed by atoms with Crippen LogP contribution in [0.1, 0.15) is 18.6 Å². The van der Waals surface area contributed by atoms with Crippen LogP contribution in [0.15, 0.2) is 12.3 Å². The molecule has 0 aliphatic carbocycles. The van der Waals surface area contributed by atoms with E-state index < -0.39 is 12.1 Å². The van der Waals surface area contributed by atoms with Gasteiger partial charge in [0.2, 0.25) is 0 Å². The molecule has 0 aliphatic rings. The van der Waals surface area contributed by atoms with Crippen molar-refractivity contribution in [2.24, 2.45) is 5.73 Å². The summed E-state index contributed by atoms with van der Waals surface area (Å²) in [6.07, 6.45) is 0.597. The van der Waals surface area contributed by atoms with E-state index >= 15 is 0 Å². The van der Waals surface area contributed by atoms with Crippen molar-refractivity contribution in [1.29, 1.82) is 0 Å². The maximum Gasteiger partial charge on any atom is 0.129 e. The van der Waals surface area contributed by atoms with Crippen LogP contribution in [0, 0.1) is 0 Å². The van der Waals surface area contributed by atoms with Gasteiger partial charge >= 0.3 is 0 Å². The topological polar surface area (TPSA) is 85.2 Å². The molecule has 0 spiro atoms. The summed E-state index contributed by atoms with van der Waals surface area (Å²) in [6.45, 7) is 1.69. The Morgan fingerprint density at radius 1 is 1.62 bits per heavy atom. The lowest BCUT2D eigenvalue weighted by molar-refractivity contribution is 0.154. The van der Waals surface area contributed by atoms with Gasteiger partial charge in [0.25, 0.3) is 0 Å². The predicted molar refractivity (Wildman–Crippen MR) is 52.3 cm³/mol. The molecule has 13 heavy (non-hydrogen) atoms. The number of halogens is 1. The van der Waals surface area contributed by atoms with Crippen molar-refractivity contribution in [3.05, 3.63) is 22.8 Å². The average molecular weight is 202 g/mol. The Labute approximate surface area is 81.5 Å². The van der Waals surface area contributed by atoms with Crippen LogP contribution < -0.4 is 11.5 Å². The number of aliphatic hydroxyl groups excluding tert-OH is 1. The second kappa shape index (κ2) is 3.91. The Kier molecular flexibility index (Phi) is 3.08. The van der Waals surface area contributed by atoms with Crippen molar-refractivity contribution in [2.75, 3.05) is 5.73 Å². The second-order valence-corrected chi connectivity index (χ2v) is 3.37. The number of hydrogen-bond donors (Lipinski definition) is 3. The molecule has 0 radical (unpaired) electrons. The molecule has 0 amide bonds. The van der Waals surface area contributed by atoms with Gasteiger partial charge in [-0.05, 0) is 13.0 Å². The summed E-state index contributed by atoms with van der Waals surface area (Å²) in [7, 11) is 0. The summed E-state index contributed by atoms with van der Waals surface area (Å²) >= 11 is 5.70. The predicted octanol–water partition coefficient (Wildman–Crippen LogP) is 0.698. The van der Waals surface area contributed by atoms with Crippen molar-refractivity contribution < 1.29 is 5.11 Å². The van der Waals surface area contributed by atoms with Crippen molar-refractivity contribution in [3.63, 3.8) is 0 Å². The smallest absolute Gasteiger partial charge is 0.129 e. The van der Waals surface area contributed by atoms with E-state index in [0.29, 0.717) is 10.6 Å². The van der Waals surface area contributed by atoms with Gasteiger partial charge in [-0.25, -0.2) is 4.98 Å². The number of nitrogens with zero attached hydrogens (tertiary/aromatic N) is 1. The van der Waals surface area contributed by atoms with Gasteiger partial charge in [-0.15, -0.1) is 0 Å². The average Bonchev–Trinajstić information content (AvgIpc) is 2.08. The lowest BCUT2D eigenvalue weighted by atomic mass is 10.1. The Morgan fingerprint density at radius 3 is 2.77 bits per heavy atom. The molecule has 5 N–H and O–H groups in total.